The van der Waals surface area contributed by atoms with E-state index < -0.39 is 10.0 Å². The Bertz CT molecular complexity index is 715. The van der Waals surface area contributed by atoms with Crippen molar-refractivity contribution in [3.8, 4) is 0 Å². The summed E-state index contributed by atoms with van der Waals surface area (Å²) in [6, 6.07) is 6.22. The van der Waals surface area contributed by atoms with Gasteiger partial charge in [0.05, 0.1) is 23.0 Å². The molecule has 138 valence electrons. The maximum atomic E-state index is 12.5. The van der Waals surface area contributed by atoms with Crippen molar-refractivity contribution in [3.63, 3.8) is 0 Å². The molecule has 1 saturated heterocycles. The van der Waals surface area contributed by atoms with Crippen LogP contribution in [-0.4, -0.2) is 55.8 Å². The van der Waals surface area contributed by atoms with Crippen LogP contribution in [0.5, 0.6) is 0 Å². The van der Waals surface area contributed by atoms with E-state index >= 15 is 0 Å². The summed E-state index contributed by atoms with van der Waals surface area (Å²) >= 11 is 1.15. The van der Waals surface area contributed by atoms with Crippen LogP contribution in [0.25, 0.3) is 0 Å². The number of hydrogen-bond donors (Lipinski definition) is 1. The lowest BCUT2D eigenvalue weighted by Crippen LogP contribution is -2.28. The van der Waals surface area contributed by atoms with Crippen LogP contribution in [0, 0.1) is 0 Å². The molecule has 0 radical (unpaired) electrons. The molecular formula is C16H22N2O5S2. The number of hydrogen-bond acceptors (Lipinski definition) is 6. The fraction of sp³-hybridized carbons (Fsp3) is 0.500. The molecule has 25 heavy (non-hydrogen) atoms. The molecule has 0 aliphatic carbocycles. The highest BCUT2D eigenvalue weighted by atomic mass is 32.2. The van der Waals surface area contributed by atoms with Crippen LogP contribution in [0.3, 0.4) is 0 Å². The van der Waals surface area contributed by atoms with Gasteiger partial charge in [0.1, 0.15) is 0 Å². The van der Waals surface area contributed by atoms with Crippen molar-refractivity contribution < 1.29 is 22.7 Å². The van der Waals surface area contributed by atoms with E-state index in [1.807, 2.05) is 0 Å². The molecule has 1 amide bonds. The number of carbonyl (C=O) groups excluding carboxylic acids is 2. The van der Waals surface area contributed by atoms with E-state index in [1.54, 1.807) is 19.1 Å². The second-order valence-corrected chi connectivity index (χ2v) is 8.41. The van der Waals surface area contributed by atoms with Crippen molar-refractivity contribution >= 4 is 39.3 Å². The largest absolute Gasteiger partial charge is 0.465 e. The molecule has 1 aliphatic heterocycles. The van der Waals surface area contributed by atoms with Gasteiger partial charge >= 0.3 is 5.97 Å². The van der Waals surface area contributed by atoms with Gasteiger partial charge in [-0.1, -0.05) is 6.07 Å². The molecule has 0 atom stereocenters. The van der Waals surface area contributed by atoms with Gasteiger partial charge in [-0.05, 0) is 38.0 Å². The van der Waals surface area contributed by atoms with Crippen molar-refractivity contribution in [2.45, 2.75) is 24.7 Å². The molecule has 2 rings (SSSR count). The second kappa shape index (κ2) is 9.21. The first-order valence-corrected chi connectivity index (χ1v) is 10.7. The number of rotatable bonds is 8. The van der Waals surface area contributed by atoms with E-state index in [0.29, 0.717) is 25.4 Å². The number of nitrogens with one attached hydrogen (secondary N) is 1. The van der Waals surface area contributed by atoms with Gasteiger partial charge in [0, 0.05) is 18.8 Å². The molecule has 0 spiro atoms. The summed E-state index contributed by atoms with van der Waals surface area (Å²) in [6.45, 7) is 3.09. The quantitative estimate of drug-likeness (QED) is 0.684. The zero-order valence-corrected chi connectivity index (χ0v) is 15.7. The van der Waals surface area contributed by atoms with Crippen LogP contribution in [0.2, 0.25) is 0 Å². The van der Waals surface area contributed by atoms with Gasteiger partial charge in [0.2, 0.25) is 15.9 Å². The van der Waals surface area contributed by atoms with Crippen LogP contribution < -0.4 is 5.32 Å². The predicted molar refractivity (Wildman–Crippen MR) is 97.0 cm³/mol. The van der Waals surface area contributed by atoms with Crippen LogP contribution >= 0.6 is 11.8 Å². The molecule has 0 bridgehead atoms. The predicted octanol–water partition coefficient (Wildman–Crippen LogP) is 1.71. The molecule has 0 saturated carbocycles. The lowest BCUT2D eigenvalue weighted by molar-refractivity contribution is -0.139. The van der Waals surface area contributed by atoms with E-state index in [-0.39, 0.29) is 28.3 Å². The number of anilines is 1. The average molecular weight is 386 g/mol. The van der Waals surface area contributed by atoms with Crippen molar-refractivity contribution in [1.82, 2.24) is 4.31 Å². The van der Waals surface area contributed by atoms with Crippen LogP contribution in [0.4, 0.5) is 5.69 Å². The molecule has 1 fully saturated rings. The van der Waals surface area contributed by atoms with Gasteiger partial charge in [-0.25, -0.2) is 8.42 Å². The minimum Gasteiger partial charge on any atom is -0.465 e. The molecule has 9 heteroatoms. The highest BCUT2D eigenvalue weighted by Gasteiger charge is 2.27. The number of carbonyl (C=O) groups is 2. The summed E-state index contributed by atoms with van der Waals surface area (Å²) in [4.78, 5) is 23.3. The molecule has 1 aromatic rings. The third-order valence-electron chi connectivity index (χ3n) is 3.58. The average Bonchev–Trinajstić information content (AvgIpc) is 3.10. The van der Waals surface area contributed by atoms with Crippen LogP contribution in [-0.2, 0) is 24.3 Å². The molecule has 1 aliphatic rings. The number of thioether (sulfide) groups is 1. The Kier molecular flexibility index (Phi) is 7.27. The maximum Gasteiger partial charge on any atom is 0.315 e. The Morgan fingerprint density at radius 1 is 1.24 bits per heavy atom. The van der Waals surface area contributed by atoms with E-state index in [2.05, 4.69) is 5.32 Å². The Morgan fingerprint density at radius 3 is 2.64 bits per heavy atom. The van der Waals surface area contributed by atoms with Gasteiger partial charge in [0.15, 0.2) is 0 Å². The number of esters is 1. The van der Waals surface area contributed by atoms with E-state index in [4.69, 9.17) is 4.74 Å². The fourth-order valence-corrected chi connectivity index (χ4v) is 4.61. The molecule has 1 N–H and O–H groups in total. The first-order valence-electron chi connectivity index (χ1n) is 8.07. The summed E-state index contributed by atoms with van der Waals surface area (Å²) in [5, 5.41) is 2.66. The molecule has 7 nitrogen and oxygen atoms in total. The minimum atomic E-state index is -3.52. The first kappa shape index (κ1) is 19.7. The van der Waals surface area contributed by atoms with Gasteiger partial charge in [-0.2, -0.15) is 4.31 Å². The van der Waals surface area contributed by atoms with Crippen molar-refractivity contribution in [2.24, 2.45) is 0 Å². The standard InChI is InChI=1S/C16H22N2O5S2/c1-2-23-16(20)12-24-11-15(19)17-13-6-5-7-14(10-13)25(21,22)18-8-3-4-9-18/h5-7,10H,2-4,8-9,11-12H2,1H3,(H,17,19). The maximum absolute atomic E-state index is 12.5. The van der Waals surface area contributed by atoms with Crippen LogP contribution in [0.15, 0.2) is 29.2 Å². The molecule has 0 unspecified atom stereocenters. The third-order valence-corrected chi connectivity index (χ3v) is 6.38. The minimum absolute atomic E-state index is 0.0852. The number of ether oxygens (including phenoxy) is 1. The van der Waals surface area contributed by atoms with Gasteiger partial charge in [0.25, 0.3) is 0 Å². The Labute approximate surface area is 152 Å². The SMILES string of the molecule is CCOC(=O)CSCC(=O)Nc1cccc(S(=O)(=O)N2CCCC2)c1. The van der Waals surface area contributed by atoms with E-state index in [1.165, 1.54) is 16.4 Å². The lowest BCUT2D eigenvalue weighted by atomic mass is 10.3. The van der Waals surface area contributed by atoms with E-state index in [9.17, 15) is 18.0 Å². The van der Waals surface area contributed by atoms with Crippen molar-refractivity contribution in [2.75, 3.05) is 36.5 Å². The molecular weight excluding hydrogens is 364 g/mol. The van der Waals surface area contributed by atoms with E-state index in [0.717, 1.165) is 24.6 Å². The van der Waals surface area contributed by atoms with Crippen LogP contribution in [0.1, 0.15) is 19.8 Å². The smallest absolute Gasteiger partial charge is 0.315 e. The van der Waals surface area contributed by atoms with Gasteiger partial charge in [-0.15, -0.1) is 11.8 Å². The number of nitrogens with zero attached hydrogens (tertiary/aromatic N) is 1. The Balaban J connectivity index is 1.92. The number of amides is 1. The monoisotopic (exact) mass is 386 g/mol. The summed E-state index contributed by atoms with van der Waals surface area (Å²) < 4.78 is 31.3. The van der Waals surface area contributed by atoms with Gasteiger partial charge < -0.3 is 10.1 Å². The number of sulfonamides is 1. The Morgan fingerprint density at radius 2 is 1.96 bits per heavy atom. The lowest BCUT2D eigenvalue weighted by Gasteiger charge is -2.16. The normalized spacial score (nSPS) is 15.1. The summed E-state index contributed by atoms with van der Waals surface area (Å²) in [7, 11) is -3.52. The fourth-order valence-electron chi connectivity index (χ4n) is 2.44. The number of benzene rings is 1. The molecule has 1 aromatic carbocycles. The summed E-state index contributed by atoms with van der Waals surface area (Å²) in [6.07, 6.45) is 1.74. The van der Waals surface area contributed by atoms with Crippen molar-refractivity contribution in [3.05, 3.63) is 24.3 Å². The molecule has 1 heterocycles. The van der Waals surface area contributed by atoms with Gasteiger partial charge in [-0.3, -0.25) is 9.59 Å². The zero-order chi connectivity index (χ0) is 18.3. The second-order valence-electron chi connectivity index (χ2n) is 5.49. The summed E-state index contributed by atoms with van der Waals surface area (Å²) in [5.41, 5.74) is 0.419. The highest BCUT2D eigenvalue weighted by molar-refractivity contribution is 8.00. The third kappa shape index (κ3) is 5.72. The topological polar surface area (TPSA) is 92.8 Å². The molecule has 0 aromatic heterocycles. The zero-order valence-electron chi connectivity index (χ0n) is 14.1. The Hall–Kier alpha value is -1.58. The van der Waals surface area contributed by atoms with Crippen molar-refractivity contribution in [1.29, 1.82) is 0 Å². The first-order chi connectivity index (χ1) is 11.9. The highest BCUT2D eigenvalue weighted by Crippen LogP contribution is 2.23. The summed E-state index contributed by atoms with van der Waals surface area (Å²) in [5.74, 6) is -0.476.